The quantitative estimate of drug-likeness (QED) is 0.785. The highest BCUT2D eigenvalue weighted by Gasteiger charge is 2.55. The van der Waals surface area contributed by atoms with Gasteiger partial charge in [0.25, 0.3) is 0 Å². The number of nitrogens with two attached hydrogens (primary N) is 1. The highest BCUT2D eigenvalue weighted by molar-refractivity contribution is 6.01. The van der Waals surface area contributed by atoms with Gasteiger partial charge in [0.1, 0.15) is 11.7 Å². The monoisotopic (exact) mass is 396 g/mol. The Morgan fingerprint density at radius 1 is 1.34 bits per heavy atom. The summed E-state index contributed by atoms with van der Waals surface area (Å²) in [5.41, 5.74) is 9.15. The number of benzene rings is 1. The minimum Gasteiger partial charge on any atom is -0.468 e. The number of piperidine rings is 1. The van der Waals surface area contributed by atoms with Crippen molar-refractivity contribution < 1.29 is 14.3 Å². The molecule has 1 aromatic heterocycles. The van der Waals surface area contributed by atoms with Crippen LogP contribution in [0.1, 0.15) is 48.2 Å². The maximum atomic E-state index is 13.3. The van der Waals surface area contributed by atoms with E-state index in [1.165, 1.54) is 5.56 Å². The second-order valence-corrected chi connectivity index (χ2v) is 8.37. The van der Waals surface area contributed by atoms with E-state index >= 15 is 0 Å². The number of amides is 2. The van der Waals surface area contributed by atoms with Crippen molar-refractivity contribution in [2.75, 3.05) is 6.54 Å². The fraction of sp³-hybridized carbons (Fsp3) is 0.500. The molecule has 1 fully saturated rings. The van der Waals surface area contributed by atoms with Crippen molar-refractivity contribution in [2.45, 2.75) is 51.7 Å². The van der Waals surface area contributed by atoms with Gasteiger partial charge in [-0.15, -0.1) is 0 Å². The largest absolute Gasteiger partial charge is 0.468 e. The summed E-state index contributed by atoms with van der Waals surface area (Å²) in [4.78, 5) is 27.3. The Balaban J connectivity index is 1.60. The molecule has 7 heteroatoms. The molecule has 0 saturated carbocycles. The van der Waals surface area contributed by atoms with Gasteiger partial charge in [-0.3, -0.25) is 14.3 Å². The second-order valence-electron chi connectivity index (χ2n) is 8.37. The van der Waals surface area contributed by atoms with E-state index in [9.17, 15) is 9.59 Å². The van der Waals surface area contributed by atoms with Crippen LogP contribution < -0.4 is 10.5 Å². The summed E-state index contributed by atoms with van der Waals surface area (Å²) in [6, 6.07) is 7.63. The van der Waals surface area contributed by atoms with E-state index in [1.807, 2.05) is 49.8 Å². The summed E-state index contributed by atoms with van der Waals surface area (Å²) in [6.45, 7) is 6.50. The molecular weight excluding hydrogens is 368 g/mol. The first-order valence-electron chi connectivity index (χ1n) is 10.1. The first-order chi connectivity index (χ1) is 13.7. The van der Waals surface area contributed by atoms with E-state index in [0.717, 1.165) is 35.5 Å². The number of hydrogen-bond donors (Lipinski definition) is 1. The molecule has 2 aromatic rings. The van der Waals surface area contributed by atoms with Gasteiger partial charge in [0.05, 0.1) is 5.69 Å². The van der Waals surface area contributed by atoms with E-state index in [0.29, 0.717) is 13.0 Å². The summed E-state index contributed by atoms with van der Waals surface area (Å²) >= 11 is 0. The molecule has 0 unspecified atom stereocenters. The second kappa shape index (κ2) is 6.90. The molecule has 1 saturated heterocycles. The maximum absolute atomic E-state index is 13.3. The first kappa shape index (κ1) is 19.5. The van der Waals surface area contributed by atoms with E-state index in [2.05, 4.69) is 12.0 Å². The number of ether oxygens (including phenoxy) is 1. The number of carbonyl (C=O) groups is 2. The van der Waals surface area contributed by atoms with Gasteiger partial charge in [-0.25, -0.2) is 0 Å². The minimum absolute atomic E-state index is 0.231. The standard InChI is InChI=1S/C22H28N4O3/c1-13-15(14(2)25(4)24-13)9-7-11-26-21(28)19(20(23)27)17-12-22(26,3)29-18-10-6-5-8-16(17)18/h5-6,8,10,17,19H,7,9,11-12H2,1-4H3,(H2,23,27)/t17-,19+,22+/m0/s1. The van der Waals surface area contributed by atoms with Crippen molar-refractivity contribution in [1.29, 1.82) is 0 Å². The smallest absolute Gasteiger partial charge is 0.238 e. The molecule has 2 N–H and O–H groups in total. The predicted octanol–water partition coefficient (Wildman–Crippen LogP) is 2.20. The molecule has 2 amide bonds. The van der Waals surface area contributed by atoms with Crippen LogP contribution in [0.4, 0.5) is 0 Å². The normalized spacial score (nSPS) is 25.5. The predicted molar refractivity (Wildman–Crippen MR) is 108 cm³/mol. The van der Waals surface area contributed by atoms with Crippen molar-refractivity contribution in [3.8, 4) is 5.75 Å². The number of hydrogen-bond acceptors (Lipinski definition) is 4. The van der Waals surface area contributed by atoms with Crippen molar-refractivity contribution >= 4 is 11.8 Å². The molecule has 0 spiro atoms. The summed E-state index contributed by atoms with van der Waals surface area (Å²) in [7, 11) is 1.94. The molecule has 29 heavy (non-hydrogen) atoms. The number of likely N-dealkylation sites (tertiary alicyclic amines) is 1. The molecule has 1 aromatic carbocycles. The van der Waals surface area contributed by atoms with Crippen molar-refractivity contribution in [3.05, 3.63) is 46.8 Å². The Morgan fingerprint density at radius 2 is 2.07 bits per heavy atom. The van der Waals surface area contributed by atoms with Crippen LogP contribution in [-0.2, 0) is 23.1 Å². The average molecular weight is 396 g/mol. The lowest BCUT2D eigenvalue weighted by Crippen LogP contribution is -2.64. The average Bonchev–Trinajstić information content (AvgIpc) is 2.89. The van der Waals surface area contributed by atoms with Gasteiger partial charge >= 0.3 is 0 Å². The van der Waals surface area contributed by atoms with Crippen LogP contribution in [0.2, 0.25) is 0 Å². The Labute approximate surface area is 170 Å². The van der Waals surface area contributed by atoms with E-state index in [4.69, 9.17) is 10.5 Å². The van der Waals surface area contributed by atoms with Gasteiger partial charge in [-0.05, 0) is 50.8 Å². The third kappa shape index (κ3) is 3.09. The lowest BCUT2D eigenvalue weighted by Gasteiger charge is -2.52. The van der Waals surface area contributed by atoms with Gasteiger partial charge < -0.3 is 15.4 Å². The molecule has 2 aliphatic heterocycles. The third-order valence-corrected chi connectivity index (χ3v) is 6.53. The van der Waals surface area contributed by atoms with Gasteiger partial charge in [0.2, 0.25) is 11.8 Å². The van der Waals surface area contributed by atoms with Gasteiger partial charge in [-0.2, -0.15) is 5.10 Å². The van der Waals surface area contributed by atoms with E-state index in [1.54, 1.807) is 4.90 Å². The zero-order valence-corrected chi connectivity index (χ0v) is 17.4. The molecule has 0 aliphatic carbocycles. The van der Waals surface area contributed by atoms with E-state index < -0.39 is 17.6 Å². The fourth-order valence-corrected chi connectivity index (χ4v) is 4.97. The van der Waals surface area contributed by atoms with Gasteiger partial charge in [0.15, 0.2) is 5.72 Å². The molecule has 4 rings (SSSR count). The lowest BCUT2D eigenvalue weighted by atomic mass is 9.73. The number of primary amides is 1. The van der Waals surface area contributed by atoms with Crippen LogP contribution in [-0.4, -0.2) is 38.8 Å². The number of carbonyl (C=O) groups excluding carboxylic acids is 2. The van der Waals surface area contributed by atoms with Crippen LogP contribution in [0.5, 0.6) is 5.75 Å². The molecule has 2 bridgehead atoms. The molecule has 0 radical (unpaired) electrons. The number of fused-ring (bicyclic) bond motifs is 4. The third-order valence-electron chi connectivity index (χ3n) is 6.53. The number of rotatable bonds is 5. The maximum Gasteiger partial charge on any atom is 0.238 e. The summed E-state index contributed by atoms with van der Waals surface area (Å²) < 4.78 is 8.17. The van der Waals surface area contributed by atoms with Crippen molar-refractivity contribution in [2.24, 2.45) is 18.7 Å². The zero-order chi connectivity index (χ0) is 20.9. The Bertz CT molecular complexity index is 982. The molecule has 3 atom stereocenters. The zero-order valence-electron chi connectivity index (χ0n) is 17.4. The van der Waals surface area contributed by atoms with Crippen LogP contribution in [0.15, 0.2) is 24.3 Å². The SMILES string of the molecule is Cc1nn(C)c(C)c1CCCN1C(=O)[C@@H](C(N)=O)[C@H]2C[C@@]1(C)Oc1ccccc12. The van der Waals surface area contributed by atoms with Crippen LogP contribution in [0.3, 0.4) is 0 Å². The Morgan fingerprint density at radius 3 is 2.72 bits per heavy atom. The van der Waals surface area contributed by atoms with Crippen molar-refractivity contribution in [3.63, 3.8) is 0 Å². The topological polar surface area (TPSA) is 90.5 Å². The molecule has 2 aliphatic rings. The Kier molecular flexibility index (Phi) is 4.63. The molecule has 154 valence electrons. The number of nitrogens with zero attached hydrogens (tertiary/aromatic N) is 3. The summed E-state index contributed by atoms with van der Waals surface area (Å²) in [6.07, 6.45) is 2.14. The Hall–Kier alpha value is -2.83. The van der Waals surface area contributed by atoms with Crippen molar-refractivity contribution in [1.82, 2.24) is 14.7 Å². The fourth-order valence-electron chi connectivity index (χ4n) is 4.97. The highest BCUT2D eigenvalue weighted by Crippen LogP contribution is 2.50. The summed E-state index contributed by atoms with van der Waals surface area (Å²) in [5.74, 6) is -1.16. The van der Waals surface area contributed by atoms with Gasteiger partial charge in [-0.1, -0.05) is 18.2 Å². The van der Waals surface area contributed by atoms with Crippen LogP contribution >= 0.6 is 0 Å². The van der Waals surface area contributed by atoms with Crippen LogP contribution in [0.25, 0.3) is 0 Å². The lowest BCUT2D eigenvalue weighted by molar-refractivity contribution is -0.175. The number of para-hydroxylation sites is 1. The number of aromatic nitrogens is 2. The van der Waals surface area contributed by atoms with Crippen LogP contribution in [0, 0.1) is 19.8 Å². The molecule has 3 heterocycles. The summed E-state index contributed by atoms with van der Waals surface area (Å²) in [5, 5.41) is 4.47. The first-order valence-corrected chi connectivity index (χ1v) is 10.1. The van der Waals surface area contributed by atoms with Gasteiger partial charge in [0, 0.05) is 31.6 Å². The minimum atomic E-state index is -0.852. The molecular formula is C22H28N4O3. The highest BCUT2D eigenvalue weighted by atomic mass is 16.5. The van der Waals surface area contributed by atoms with E-state index in [-0.39, 0.29) is 11.8 Å². The molecule has 7 nitrogen and oxygen atoms in total. The number of aryl methyl sites for hydroxylation is 2.